The van der Waals surface area contributed by atoms with Gasteiger partial charge in [-0.2, -0.15) is 21.4 Å². The van der Waals surface area contributed by atoms with Gasteiger partial charge in [0.25, 0.3) is 32.1 Å². The van der Waals surface area contributed by atoms with E-state index in [-0.39, 0.29) is 36.3 Å². The van der Waals surface area contributed by atoms with Crippen LogP contribution in [0.1, 0.15) is 89.8 Å². The van der Waals surface area contributed by atoms with Gasteiger partial charge in [-0.3, -0.25) is 18.7 Å². The molecule has 0 bridgehead atoms. The third kappa shape index (κ3) is 10.7. The maximum Gasteiger partial charge on any atom is 0.333 e. The lowest BCUT2D eigenvalue weighted by Crippen LogP contribution is -2.32. The Bertz CT molecular complexity index is 2340. The molecule has 0 unspecified atom stereocenters. The van der Waals surface area contributed by atoms with Crippen LogP contribution in [0.3, 0.4) is 0 Å². The van der Waals surface area contributed by atoms with Crippen molar-refractivity contribution in [1.82, 2.24) is 9.96 Å². The highest BCUT2D eigenvalue weighted by Gasteiger charge is 2.45. The summed E-state index contributed by atoms with van der Waals surface area (Å²) in [7, 11) is -6.55. The summed E-state index contributed by atoms with van der Waals surface area (Å²) in [5.74, 6) is -2.01. The van der Waals surface area contributed by atoms with Gasteiger partial charge in [0.15, 0.2) is 5.71 Å². The van der Waals surface area contributed by atoms with Crippen LogP contribution in [0.4, 0.5) is 11.4 Å². The number of hydroxylamine groups is 2. The quantitative estimate of drug-likeness (QED) is 0.0755. The molecule has 0 spiro atoms. The normalized spacial score (nSPS) is 18.5. The Morgan fingerprint density at radius 2 is 1.58 bits per heavy atom. The lowest BCUT2D eigenvalue weighted by molar-refractivity contribution is -0.437. The van der Waals surface area contributed by atoms with Crippen LogP contribution in [0.2, 0.25) is 0 Å². The molecule has 2 N–H and O–H groups in total. The monoisotopic (exact) mass is 851 g/mol. The second-order valence-corrected chi connectivity index (χ2v) is 19.1. The number of amides is 2. The van der Waals surface area contributed by atoms with Crippen LogP contribution >= 0.6 is 0 Å². The molecule has 2 aromatic rings. The van der Waals surface area contributed by atoms with Gasteiger partial charge in [-0.1, -0.05) is 63.3 Å². The summed E-state index contributed by atoms with van der Waals surface area (Å²) >= 11 is 0. The van der Waals surface area contributed by atoms with Gasteiger partial charge in [-0.25, -0.2) is 4.79 Å². The molecular weight excluding hydrogens is 797 g/mol. The lowest BCUT2D eigenvalue weighted by atomic mass is 9.81. The average Bonchev–Trinajstić information content (AvgIpc) is 3.65. The molecule has 1 saturated heterocycles. The number of nitrogens with zero attached hydrogens (tertiary/aromatic N) is 4. The van der Waals surface area contributed by atoms with Gasteiger partial charge < -0.3 is 14.6 Å². The van der Waals surface area contributed by atoms with Crippen molar-refractivity contribution >= 4 is 55.1 Å². The van der Waals surface area contributed by atoms with Crippen molar-refractivity contribution in [3.05, 3.63) is 101 Å². The van der Waals surface area contributed by atoms with E-state index in [0.717, 1.165) is 52.4 Å². The first-order valence-electron chi connectivity index (χ1n) is 19.8. The standard InChI is InChI=1S/C43H54N4O10S2/c1-7-24-45-36-21-19-32(59(54,55)56)29-34(36)43(4,5)37(45)15-11-9-8-10-12-16-38-42(2,3)33-28-31(18-20-35(33)46(38)26-14-27-58(51,52)53)30-44(6)25-13-17-41(50)57-47-39(48)22-23-40(47)49/h8-12,15-16,18-21,28-29H,7,13-14,17,22-27,30H2,1-6H3,(H-,51,52,53,54,55,56)/p+1. The van der Waals surface area contributed by atoms with E-state index >= 15 is 0 Å². The number of hydrogen-bond donors (Lipinski definition) is 2. The summed E-state index contributed by atoms with van der Waals surface area (Å²) in [6, 6.07) is 10.9. The van der Waals surface area contributed by atoms with Crippen LogP contribution in [0, 0.1) is 0 Å². The fourth-order valence-corrected chi connectivity index (χ4v) is 8.92. The summed E-state index contributed by atoms with van der Waals surface area (Å²) in [5, 5.41) is 0.561. The van der Waals surface area contributed by atoms with Crippen LogP contribution in [0.25, 0.3) is 0 Å². The molecule has 318 valence electrons. The second kappa shape index (κ2) is 18.3. The molecule has 5 rings (SSSR count). The van der Waals surface area contributed by atoms with Gasteiger partial charge in [0, 0.05) is 73.3 Å². The van der Waals surface area contributed by atoms with Gasteiger partial charge in [-0.15, -0.1) is 5.06 Å². The Kier molecular flexibility index (Phi) is 14.0. The molecule has 3 aliphatic rings. The highest BCUT2D eigenvalue weighted by Crippen LogP contribution is 2.48. The minimum Gasteiger partial charge on any atom is -0.344 e. The first kappa shape index (κ1) is 45.3. The number of allylic oxidation sites excluding steroid dienone is 8. The molecule has 14 nitrogen and oxygen atoms in total. The second-order valence-electron chi connectivity index (χ2n) is 16.2. The van der Waals surface area contributed by atoms with Crippen LogP contribution in [-0.2, 0) is 56.8 Å². The van der Waals surface area contributed by atoms with Crippen LogP contribution in [0.15, 0.2) is 89.5 Å². The molecule has 1 fully saturated rings. The predicted molar refractivity (Wildman–Crippen MR) is 225 cm³/mol. The van der Waals surface area contributed by atoms with Crippen molar-refractivity contribution in [3.8, 4) is 0 Å². The minimum atomic E-state index is -4.35. The third-order valence-corrected chi connectivity index (χ3v) is 12.5. The molecule has 16 heteroatoms. The first-order valence-corrected chi connectivity index (χ1v) is 22.8. The van der Waals surface area contributed by atoms with E-state index in [0.29, 0.717) is 31.1 Å². The number of imide groups is 1. The maximum atomic E-state index is 12.3. The van der Waals surface area contributed by atoms with E-state index in [2.05, 4.69) is 41.2 Å². The van der Waals surface area contributed by atoms with Crippen LogP contribution in [0.5, 0.6) is 0 Å². The largest absolute Gasteiger partial charge is 0.344 e. The van der Waals surface area contributed by atoms with Crippen LogP contribution in [-0.4, -0.2) is 96.4 Å². The van der Waals surface area contributed by atoms with E-state index in [1.54, 1.807) is 12.1 Å². The van der Waals surface area contributed by atoms with Crippen molar-refractivity contribution in [1.29, 1.82) is 0 Å². The predicted octanol–water partition coefficient (Wildman–Crippen LogP) is 6.17. The Morgan fingerprint density at radius 1 is 0.898 bits per heavy atom. The van der Waals surface area contributed by atoms with Crippen LogP contribution < -0.4 is 4.90 Å². The van der Waals surface area contributed by atoms with E-state index in [4.69, 9.17) is 4.84 Å². The average molecular weight is 852 g/mol. The highest BCUT2D eigenvalue weighted by molar-refractivity contribution is 7.86. The lowest BCUT2D eigenvalue weighted by Gasteiger charge is -2.27. The smallest absolute Gasteiger partial charge is 0.333 e. The Hall–Kier alpha value is -4.74. The van der Waals surface area contributed by atoms with E-state index in [1.165, 1.54) is 6.07 Å². The SMILES string of the molecule is CCC[N+]1=C(C=CC=CC=CC=C2N(CCCS(=O)(=O)O)c3ccc(CN(C)CCCC(=O)ON4C(=O)CCC4=O)cc3C2(C)C)C(C)(C)c2cc(S(=O)(=O)O)ccc21. The molecular formula is C43H55N4O10S2+. The van der Waals surface area contributed by atoms with Crippen molar-refractivity contribution < 1.29 is 49.7 Å². The summed E-state index contributed by atoms with van der Waals surface area (Å²) in [6.07, 6.45) is 15.3. The molecule has 2 amide bonds. The summed E-state index contributed by atoms with van der Waals surface area (Å²) in [6.45, 7) is 12.6. The van der Waals surface area contributed by atoms with Crippen molar-refractivity contribution in [3.63, 3.8) is 0 Å². The van der Waals surface area contributed by atoms with Gasteiger partial charge in [0.1, 0.15) is 6.54 Å². The van der Waals surface area contributed by atoms with Gasteiger partial charge in [0.05, 0.1) is 16.1 Å². The molecule has 3 heterocycles. The van der Waals surface area contributed by atoms with E-state index in [9.17, 15) is 40.3 Å². The van der Waals surface area contributed by atoms with Crippen molar-refractivity contribution in [2.75, 3.05) is 37.3 Å². The van der Waals surface area contributed by atoms with Crippen molar-refractivity contribution in [2.24, 2.45) is 0 Å². The third-order valence-electron chi connectivity index (χ3n) is 10.9. The highest BCUT2D eigenvalue weighted by atomic mass is 32.2. The van der Waals surface area contributed by atoms with E-state index in [1.807, 2.05) is 75.6 Å². The first-order chi connectivity index (χ1) is 27.6. The number of carbonyl (C=O) groups is 3. The molecule has 0 radical (unpaired) electrons. The number of rotatable bonds is 18. The summed E-state index contributed by atoms with van der Waals surface area (Å²) < 4.78 is 68.3. The number of hydrogen-bond acceptors (Lipinski definition) is 10. The molecule has 0 aromatic heterocycles. The van der Waals surface area contributed by atoms with Crippen molar-refractivity contribution in [2.45, 2.75) is 95.4 Å². The Labute approximate surface area is 347 Å². The number of benzene rings is 2. The maximum absolute atomic E-state index is 12.3. The zero-order valence-corrected chi connectivity index (χ0v) is 36.2. The minimum absolute atomic E-state index is 0.0437. The fraction of sp³-hybridized carbons (Fsp3) is 0.442. The number of fused-ring (bicyclic) bond motifs is 2. The molecule has 0 saturated carbocycles. The van der Waals surface area contributed by atoms with Gasteiger partial charge in [0.2, 0.25) is 5.69 Å². The van der Waals surface area contributed by atoms with E-state index < -0.39 is 48.8 Å². The summed E-state index contributed by atoms with van der Waals surface area (Å²) in [5.41, 5.74) is 5.78. The molecule has 0 atom stereocenters. The number of carbonyl (C=O) groups excluding carboxylic acids is 3. The topological polar surface area (TPSA) is 182 Å². The zero-order chi connectivity index (χ0) is 43.3. The number of anilines is 1. The molecule has 3 aliphatic heterocycles. The zero-order valence-electron chi connectivity index (χ0n) is 34.5. The molecule has 0 aliphatic carbocycles. The van der Waals surface area contributed by atoms with Gasteiger partial charge >= 0.3 is 5.97 Å². The Balaban J connectivity index is 1.28. The fourth-order valence-electron chi connectivity index (χ4n) is 7.92. The molecule has 2 aromatic carbocycles. The Morgan fingerprint density at radius 3 is 2.24 bits per heavy atom. The molecule has 59 heavy (non-hydrogen) atoms. The van der Waals surface area contributed by atoms with Gasteiger partial charge in [-0.05, 0) is 75.7 Å². The summed E-state index contributed by atoms with van der Waals surface area (Å²) in [4.78, 5) is 44.8.